The summed E-state index contributed by atoms with van der Waals surface area (Å²) >= 11 is 0. The molecule has 3 nitrogen and oxygen atoms in total. The first-order chi connectivity index (χ1) is 6.72. The Labute approximate surface area is 83.1 Å². The molecule has 3 heteroatoms. The molecule has 0 spiro atoms. The van der Waals surface area contributed by atoms with Crippen molar-refractivity contribution in [3.63, 3.8) is 0 Å². The van der Waals surface area contributed by atoms with Gasteiger partial charge >= 0.3 is 0 Å². The Morgan fingerprint density at radius 3 is 3.07 bits per heavy atom. The van der Waals surface area contributed by atoms with Crippen LogP contribution in [0, 0.1) is 18.3 Å². The van der Waals surface area contributed by atoms with Gasteiger partial charge in [-0.1, -0.05) is 0 Å². The van der Waals surface area contributed by atoms with Gasteiger partial charge in [0.05, 0.1) is 18.2 Å². The van der Waals surface area contributed by atoms with Crippen LogP contribution in [0.15, 0.2) is 12.1 Å². The van der Waals surface area contributed by atoms with E-state index < -0.39 is 0 Å². The van der Waals surface area contributed by atoms with Crippen molar-refractivity contribution in [2.75, 3.05) is 6.61 Å². The number of nitrogens with zero attached hydrogens (tertiary/aromatic N) is 1. The van der Waals surface area contributed by atoms with Crippen molar-refractivity contribution in [3.05, 3.63) is 28.8 Å². The van der Waals surface area contributed by atoms with Crippen LogP contribution in [-0.4, -0.2) is 6.61 Å². The van der Waals surface area contributed by atoms with E-state index in [4.69, 9.17) is 15.7 Å². The SMILES string of the molecule is Cc1cc2c(cc1C#N)OCCC2N. The van der Waals surface area contributed by atoms with Crippen LogP contribution in [0.1, 0.15) is 29.2 Å². The van der Waals surface area contributed by atoms with Crippen molar-refractivity contribution < 1.29 is 4.74 Å². The number of nitriles is 1. The highest BCUT2D eigenvalue weighted by Crippen LogP contribution is 2.32. The summed E-state index contributed by atoms with van der Waals surface area (Å²) in [6.07, 6.45) is 0.846. The summed E-state index contributed by atoms with van der Waals surface area (Å²) in [7, 11) is 0. The normalized spacial score (nSPS) is 19.4. The van der Waals surface area contributed by atoms with Crippen LogP contribution in [0.5, 0.6) is 5.75 Å². The van der Waals surface area contributed by atoms with Crippen LogP contribution in [-0.2, 0) is 0 Å². The molecule has 0 aromatic heterocycles. The molecular weight excluding hydrogens is 176 g/mol. The standard InChI is InChI=1S/C11H12N2O/c1-7-4-9-10(13)2-3-14-11(9)5-8(7)6-12/h4-5,10H,2-3,13H2,1H3. The van der Waals surface area contributed by atoms with Crippen LogP contribution in [0.2, 0.25) is 0 Å². The van der Waals surface area contributed by atoms with E-state index in [0.29, 0.717) is 12.2 Å². The van der Waals surface area contributed by atoms with Gasteiger partial charge in [0.2, 0.25) is 0 Å². The number of fused-ring (bicyclic) bond motifs is 1. The van der Waals surface area contributed by atoms with E-state index in [1.54, 1.807) is 6.07 Å². The Kier molecular flexibility index (Phi) is 2.14. The molecule has 1 aliphatic rings. The lowest BCUT2D eigenvalue weighted by Crippen LogP contribution is -2.20. The van der Waals surface area contributed by atoms with Crippen molar-refractivity contribution >= 4 is 0 Å². The fourth-order valence-electron chi connectivity index (χ4n) is 1.70. The van der Waals surface area contributed by atoms with Gasteiger partial charge in [-0.2, -0.15) is 5.26 Å². The van der Waals surface area contributed by atoms with Gasteiger partial charge in [-0.3, -0.25) is 0 Å². The molecule has 1 unspecified atom stereocenters. The first-order valence-corrected chi connectivity index (χ1v) is 4.65. The third kappa shape index (κ3) is 1.34. The molecule has 1 heterocycles. The van der Waals surface area contributed by atoms with Crippen molar-refractivity contribution in [2.45, 2.75) is 19.4 Å². The second-order valence-corrected chi connectivity index (χ2v) is 3.56. The summed E-state index contributed by atoms with van der Waals surface area (Å²) in [5.74, 6) is 0.769. The Hall–Kier alpha value is -1.53. The minimum absolute atomic E-state index is 0.0465. The number of ether oxygens (including phenoxy) is 1. The van der Waals surface area contributed by atoms with Gasteiger partial charge in [0.1, 0.15) is 5.75 Å². The molecule has 2 N–H and O–H groups in total. The van der Waals surface area contributed by atoms with E-state index in [2.05, 4.69) is 6.07 Å². The van der Waals surface area contributed by atoms with Crippen LogP contribution >= 0.6 is 0 Å². The molecule has 0 saturated carbocycles. The van der Waals surface area contributed by atoms with E-state index >= 15 is 0 Å². The fraction of sp³-hybridized carbons (Fsp3) is 0.364. The lowest BCUT2D eigenvalue weighted by Gasteiger charge is -2.23. The van der Waals surface area contributed by atoms with Crippen molar-refractivity contribution in [3.8, 4) is 11.8 Å². The van der Waals surface area contributed by atoms with Crippen LogP contribution in [0.3, 0.4) is 0 Å². The Morgan fingerprint density at radius 1 is 1.57 bits per heavy atom. The lowest BCUT2D eigenvalue weighted by molar-refractivity contribution is 0.269. The topological polar surface area (TPSA) is 59.0 Å². The molecule has 0 aliphatic carbocycles. The minimum Gasteiger partial charge on any atom is -0.493 e. The zero-order valence-corrected chi connectivity index (χ0v) is 8.08. The molecule has 14 heavy (non-hydrogen) atoms. The van der Waals surface area contributed by atoms with Crippen LogP contribution in [0.4, 0.5) is 0 Å². The molecule has 0 fully saturated rings. The molecule has 0 saturated heterocycles. The summed E-state index contributed by atoms with van der Waals surface area (Å²) in [6.45, 7) is 2.56. The number of nitrogens with two attached hydrogens (primary N) is 1. The van der Waals surface area contributed by atoms with Crippen LogP contribution in [0.25, 0.3) is 0 Å². The highest BCUT2D eigenvalue weighted by molar-refractivity contribution is 5.49. The van der Waals surface area contributed by atoms with Gasteiger partial charge < -0.3 is 10.5 Å². The van der Waals surface area contributed by atoms with E-state index in [1.165, 1.54) is 0 Å². The van der Waals surface area contributed by atoms with Gasteiger partial charge in [0, 0.05) is 18.0 Å². The van der Waals surface area contributed by atoms with E-state index in [-0.39, 0.29) is 6.04 Å². The maximum Gasteiger partial charge on any atom is 0.125 e. The molecule has 0 amide bonds. The molecule has 0 radical (unpaired) electrons. The molecule has 1 aromatic rings. The zero-order chi connectivity index (χ0) is 10.1. The Bertz CT molecular complexity index is 406. The van der Waals surface area contributed by atoms with Crippen LogP contribution < -0.4 is 10.5 Å². The largest absolute Gasteiger partial charge is 0.493 e. The number of hydrogen-bond donors (Lipinski definition) is 1. The summed E-state index contributed by atoms with van der Waals surface area (Å²) in [6, 6.07) is 5.92. The minimum atomic E-state index is 0.0465. The maximum atomic E-state index is 8.85. The lowest BCUT2D eigenvalue weighted by atomic mass is 9.97. The quantitative estimate of drug-likeness (QED) is 0.673. The van der Waals surface area contributed by atoms with Gasteiger partial charge in [-0.25, -0.2) is 0 Å². The zero-order valence-electron chi connectivity index (χ0n) is 8.08. The van der Waals surface area contributed by atoms with Gasteiger partial charge in [-0.15, -0.1) is 0 Å². The fourth-order valence-corrected chi connectivity index (χ4v) is 1.70. The summed E-state index contributed by atoms with van der Waals surface area (Å²) < 4.78 is 5.46. The summed E-state index contributed by atoms with van der Waals surface area (Å²) in [5, 5.41) is 8.85. The second-order valence-electron chi connectivity index (χ2n) is 3.56. The number of aryl methyl sites for hydroxylation is 1. The molecule has 72 valence electrons. The van der Waals surface area contributed by atoms with E-state index in [9.17, 15) is 0 Å². The average Bonchev–Trinajstić information content (AvgIpc) is 2.19. The molecule has 1 atom stereocenters. The van der Waals surface area contributed by atoms with E-state index in [1.807, 2.05) is 13.0 Å². The average molecular weight is 188 g/mol. The van der Waals surface area contributed by atoms with Gasteiger partial charge in [0.25, 0.3) is 0 Å². The summed E-state index contributed by atoms with van der Waals surface area (Å²) in [5.41, 5.74) is 8.59. The van der Waals surface area contributed by atoms with E-state index in [0.717, 1.165) is 23.3 Å². The summed E-state index contributed by atoms with van der Waals surface area (Å²) in [4.78, 5) is 0. The second kappa shape index (κ2) is 3.32. The first-order valence-electron chi connectivity index (χ1n) is 4.65. The van der Waals surface area contributed by atoms with Gasteiger partial charge in [0.15, 0.2) is 0 Å². The number of benzene rings is 1. The highest BCUT2D eigenvalue weighted by Gasteiger charge is 2.19. The molecule has 2 rings (SSSR count). The third-order valence-corrected chi connectivity index (χ3v) is 2.56. The van der Waals surface area contributed by atoms with Crippen molar-refractivity contribution in [2.24, 2.45) is 5.73 Å². The molecule has 1 aliphatic heterocycles. The smallest absolute Gasteiger partial charge is 0.125 e. The predicted molar refractivity (Wildman–Crippen MR) is 52.9 cm³/mol. The van der Waals surface area contributed by atoms with Crippen molar-refractivity contribution in [1.82, 2.24) is 0 Å². The molecule has 1 aromatic carbocycles. The maximum absolute atomic E-state index is 8.85. The van der Waals surface area contributed by atoms with Crippen molar-refractivity contribution in [1.29, 1.82) is 5.26 Å². The Morgan fingerprint density at radius 2 is 2.36 bits per heavy atom. The number of rotatable bonds is 0. The molecular formula is C11H12N2O. The monoisotopic (exact) mass is 188 g/mol. The first kappa shape index (κ1) is 9.04. The number of hydrogen-bond acceptors (Lipinski definition) is 3. The highest BCUT2D eigenvalue weighted by atomic mass is 16.5. The predicted octanol–water partition coefficient (Wildman–Crippen LogP) is 1.65. The third-order valence-electron chi connectivity index (χ3n) is 2.56. The Balaban J connectivity index is 2.55. The molecule has 0 bridgehead atoms. The van der Waals surface area contributed by atoms with Gasteiger partial charge in [-0.05, 0) is 24.6 Å².